The highest BCUT2D eigenvalue weighted by Crippen LogP contribution is 2.23. The molecule has 2 amide bonds. The van der Waals surface area contributed by atoms with Gasteiger partial charge in [-0.25, -0.2) is 9.37 Å². The molecule has 1 aliphatic rings. The van der Waals surface area contributed by atoms with Crippen molar-refractivity contribution in [3.05, 3.63) is 42.0 Å². The lowest BCUT2D eigenvalue weighted by atomic mass is 10.2. The van der Waals surface area contributed by atoms with Gasteiger partial charge in [0.15, 0.2) is 5.16 Å². The predicted octanol–water partition coefficient (Wildman–Crippen LogP) is 1.64. The first-order valence-electron chi connectivity index (χ1n) is 10.2. The van der Waals surface area contributed by atoms with Crippen LogP contribution in [0.5, 0.6) is 0 Å². The fourth-order valence-electron chi connectivity index (χ4n) is 3.44. The Morgan fingerprint density at radius 1 is 1.19 bits per heavy atom. The third-order valence-electron chi connectivity index (χ3n) is 5.09. The van der Waals surface area contributed by atoms with Gasteiger partial charge in [0.1, 0.15) is 11.5 Å². The summed E-state index contributed by atoms with van der Waals surface area (Å²) in [6, 6.07) is 6.01. The fourth-order valence-corrected chi connectivity index (χ4v) is 3.99. The molecule has 168 valence electrons. The summed E-state index contributed by atoms with van der Waals surface area (Å²) in [7, 11) is 1.64. The van der Waals surface area contributed by atoms with Gasteiger partial charge in [-0.15, -0.1) is 0 Å². The Hall–Kier alpha value is -2.43. The van der Waals surface area contributed by atoms with E-state index < -0.39 is 0 Å². The number of hydrogen-bond donors (Lipinski definition) is 1. The molecule has 10 heteroatoms. The van der Waals surface area contributed by atoms with E-state index in [1.807, 2.05) is 11.2 Å². The second-order valence-corrected chi connectivity index (χ2v) is 7.98. The van der Waals surface area contributed by atoms with Crippen LogP contribution in [-0.4, -0.2) is 90.4 Å². The summed E-state index contributed by atoms with van der Waals surface area (Å²) in [5.74, 6) is -0.475. The van der Waals surface area contributed by atoms with Gasteiger partial charge in [0.25, 0.3) is 5.91 Å². The Labute approximate surface area is 185 Å². The number of rotatable bonds is 9. The van der Waals surface area contributed by atoms with Crippen molar-refractivity contribution >= 4 is 23.6 Å². The normalized spacial score (nSPS) is 14.6. The minimum Gasteiger partial charge on any atom is -0.385 e. The van der Waals surface area contributed by atoms with Crippen LogP contribution in [0.15, 0.2) is 35.6 Å². The second-order valence-electron chi connectivity index (χ2n) is 7.21. The summed E-state index contributed by atoms with van der Waals surface area (Å²) in [5, 5.41) is 3.55. The quantitative estimate of drug-likeness (QED) is 0.463. The summed E-state index contributed by atoms with van der Waals surface area (Å²) in [4.78, 5) is 33.4. The van der Waals surface area contributed by atoms with E-state index in [1.54, 1.807) is 34.9 Å². The van der Waals surface area contributed by atoms with Crippen LogP contribution in [0.3, 0.4) is 0 Å². The monoisotopic (exact) mass is 449 g/mol. The van der Waals surface area contributed by atoms with E-state index in [9.17, 15) is 14.0 Å². The smallest absolute Gasteiger partial charge is 0.272 e. The summed E-state index contributed by atoms with van der Waals surface area (Å²) in [6.45, 7) is 3.83. The molecular formula is C21H28FN5O3S. The van der Waals surface area contributed by atoms with Gasteiger partial charge in [0, 0.05) is 52.1 Å². The molecule has 0 radical (unpaired) electrons. The maximum absolute atomic E-state index is 13.3. The van der Waals surface area contributed by atoms with Crippen LogP contribution in [0.1, 0.15) is 16.9 Å². The van der Waals surface area contributed by atoms with E-state index >= 15 is 0 Å². The Morgan fingerprint density at radius 3 is 2.55 bits per heavy atom. The van der Waals surface area contributed by atoms with Crippen molar-refractivity contribution in [2.45, 2.75) is 11.6 Å². The summed E-state index contributed by atoms with van der Waals surface area (Å²) < 4.78 is 20.1. The number of carbonyl (C=O) groups excluding carboxylic acids is 2. The molecule has 31 heavy (non-hydrogen) atoms. The average Bonchev–Trinajstić information content (AvgIpc) is 3.21. The van der Waals surface area contributed by atoms with Crippen molar-refractivity contribution < 1.29 is 18.7 Å². The first-order valence-corrected chi connectivity index (χ1v) is 11.4. The van der Waals surface area contributed by atoms with E-state index in [1.165, 1.54) is 23.9 Å². The lowest BCUT2D eigenvalue weighted by molar-refractivity contribution is -0.122. The Balaban J connectivity index is 1.59. The summed E-state index contributed by atoms with van der Waals surface area (Å²) >= 11 is 1.42. The molecule has 0 atom stereocenters. The zero-order valence-electron chi connectivity index (χ0n) is 17.8. The van der Waals surface area contributed by atoms with Crippen LogP contribution in [0.4, 0.5) is 4.39 Å². The standard InChI is InChI=1S/C21H28FN5O3S/c1-30-13-3-8-23-19(28)15-25-9-11-26(12-10-25)20(29)18-14-24-21(31-2)27(18)17-6-4-16(22)5-7-17/h4-7,14H,3,8-13,15H2,1-2H3,(H,23,28). The lowest BCUT2D eigenvalue weighted by Gasteiger charge is -2.34. The lowest BCUT2D eigenvalue weighted by Crippen LogP contribution is -2.51. The van der Waals surface area contributed by atoms with Gasteiger partial charge in [0.05, 0.1) is 12.7 Å². The number of imidazole rings is 1. The Bertz CT molecular complexity index is 882. The molecule has 0 spiro atoms. The van der Waals surface area contributed by atoms with Gasteiger partial charge < -0.3 is 15.0 Å². The molecule has 1 aromatic carbocycles. The molecule has 0 aliphatic carbocycles. The van der Waals surface area contributed by atoms with Gasteiger partial charge in [-0.05, 0) is 36.9 Å². The molecule has 2 heterocycles. The average molecular weight is 450 g/mol. The van der Waals surface area contributed by atoms with Gasteiger partial charge in [-0.1, -0.05) is 11.8 Å². The number of nitrogens with zero attached hydrogens (tertiary/aromatic N) is 4. The van der Waals surface area contributed by atoms with Gasteiger partial charge in [-0.2, -0.15) is 0 Å². The predicted molar refractivity (Wildman–Crippen MR) is 117 cm³/mol. The highest BCUT2D eigenvalue weighted by molar-refractivity contribution is 7.98. The summed E-state index contributed by atoms with van der Waals surface area (Å²) in [5.41, 5.74) is 1.13. The van der Waals surface area contributed by atoms with Crippen LogP contribution in [0.2, 0.25) is 0 Å². The number of methoxy groups -OCH3 is 1. The number of piperazine rings is 1. The molecule has 2 aromatic rings. The largest absolute Gasteiger partial charge is 0.385 e. The van der Waals surface area contributed by atoms with Crippen molar-refractivity contribution in [3.63, 3.8) is 0 Å². The van der Waals surface area contributed by atoms with Crippen LogP contribution in [0, 0.1) is 5.82 Å². The van der Waals surface area contributed by atoms with E-state index in [0.717, 1.165) is 6.42 Å². The molecule has 8 nitrogen and oxygen atoms in total. The van der Waals surface area contributed by atoms with E-state index in [2.05, 4.69) is 10.3 Å². The number of amides is 2. The number of carbonyl (C=O) groups is 2. The number of halogens is 1. The number of thioether (sulfide) groups is 1. The van der Waals surface area contributed by atoms with Gasteiger partial charge in [0.2, 0.25) is 5.91 Å². The van der Waals surface area contributed by atoms with Crippen LogP contribution in [0.25, 0.3) is 5.69 Å². The molecule has 1 fully saturated rings. The highest BCUT2D eigenvalue weighted by Gasteiger charge is 2.27. The summed E-state index contributed by atoms with van der Waals surface area (Å²) in [6.07, 6.45) is 4.23. The van der Waals surface area contributed by atoms with E-state index in [0.29, 0.717) is 62.4 Å². The maximum Gasteiger partial charge on any atom is 0.272 e. The third-order valence-corrected chi connectivity index (χ3v) is 5.74. The van der Waals surface area contributed by atoms with Crippen molar-refractivity contribution in [1.82, 2.24) is 24.7 Å². The Kier molecular flexibility index (Phi) is 8.44. The molecule has 1 aliphatic heterocycles. The van der Waals surface area contributed by atoms with Crippen molar-refractivity contribution in [3.8, 4) is 5.69 Å². The number of aromatic nitrogens is 2. The minimum absolute atomic E-state index is 0.0186. The fraction of sp³-hybridized carbons (Fsp3) is 0.476. The second kappa shape index (κ2) is 11.3. The molecule has 1 N–H and O–H groups in total. The zero-order chi connectivity index (χ0) is 22.2. The molecule has 0 unspecified atom stereocenters. The van der Waals surface area contributed by atoms with Gasteiger partial charge >= 0.3 is 0 Å². The highest BCUT2D eigenvalue weighted by atomic mass is 32.2. The number of hydrogen-bond acceptors (Lipinski definition) is 6. The minimum atomic E-state index is -0.332. The number of nitrogens with one attached hydrogen (secondary N) is 1. The van der Waals surface area contributed by atoms with E-state index in [4.69, 9.17) is 4.74 Å². The molecule has 0 bridgehead atoms. The maximum atomic E-state index is 13.3. The first-order chi connectivity index (χ1) is 15.0. The van der Waals surface area contributed by atoms with Gasteiger partial charge in [-0.3, -0.25) is 19.1 Å². The van der Waals surface area contributed by atoms with Crippen molar-refractivity contribution in [1.29, 1.82) is 0 Å². The van der Waals surface area contributed by atoms with Crippen molar-refractivity contribution in [2.75, 3.05) is 59.2 Å². The van der Waals surface area contributed by atoms with Crippen LogP contribution >= 0.6 is 11.8 Å². The van der Waals surface area contributed by atoms with Crippen molar-refractivity contribution in [2.24, 2.45) is 0 Å². The molecule has 3 rings (SSSR count). The Morgan fingerprint density at radius 2 is 1.90 bits per heavy atom. The van der Waals surface area contributed by atoms with Crippen LogP contribution < -0.4 is 5.32 Å². The molecule has 0 saturated carbocycles. The third kappa shape index (κ3) is 6.05. The molecule has 1 aromatic heterocycles. The topological polar surface area (TPSA) is 79.7 Å². The zero-order valence-corrected chi connectivity index (χ0v) is 18.7. The number of benzene rings is 1. The van der Waals surface area contributed by atoms with E-state index in [-0.39, 0.29) is 17.6 Å². The SMILES string of the molecule is COCCCNC(=O)CN1CCN(C(=O)c2cnc(SC)n2-c2ccc(F)cc2)CC1. The number of ether oxygens (including phenoxy) is 1. The molecule has 1 saturated heterocycles. The molecular weight excluding hydrogens is 421 g/mol. The first kappa shape index (κ1) is 23.2. The van der Waals surface area contributed by atoms with Crippen LogP contribution in [-0.2, 0) is 9.53 Å².